The van der Waals surface area contributed by atoms with E-state index in [9.17, 15) is 0 Å². The summed E-state index contributed by atoms with van der Waals surface area (Å²) in [6.45, 7) is 9.26. The molecule has 0 aromatic heterocycles. The summed E-state index contributed by atoms with van der Waals surface area (Å²) < 4.78 is 0. The van der Waals surface area contributed by atoms with Crippen molar-refractivity contribution < 1.29 is 0 Å². The fraction of sp³-hybridized carbons (Fsp3) is 1.00. The Balaban J connectivity index is 2.33. The van der Waals surface area contributed by atoms with Crippen molar-refractivity contribution in [1.82, 2.24) is 10.4 Å². The second-order valence-corrected chi connectivity index (χ2v) is 5.21. The van der Waals surface area contributed by atoms with Crippen LogP contribution in [0.1, 0.15) is 66.2 Å². The highest BCUT2D eigenvalue weighted by Gasteiger charge is 2.25. The number of hydrazine groups is 1. The molecule has 2 heteroatoms. The molecule has 1 heterocycles. The lowest BCUT2D eigenvalue weighted by Gasteiger charge is -2.40. The van der Waals surface area contributed by atoms with Gasteiger partial charge in [0.25, 0.3) is 0 Å². The first kappa shape index (κ1) is 13.0. The van der Waals surface area contributed by atoms with Crippen molar-refractivity contribution in [2.75, 3.05) is 0 Å². The molecule has 0 bridgehead atoms. The van der Waals surface area contributed by atoms with E-state index in [-0.39, 0.29) is 0 Å². The van der Waals surface area contributed by atoms with E-state index in [2.05, 4.69) is 38.1 Å². The van der Waals surface area contributed by atoms with Crippen LogP contribution in [0.15, 0.2) is 0 Å². The first-order valence-corrected chi connectivity index (χ1v) is 6.69. The maximum Gasteiger partial charge on any atom is 0.0218 e. The van der Waals surface area contributed by atoms with Crippen molar-refractivity contribution >= 4 is 0 Å². The van der Waals surface area contributed by atoms with Crippen molar-refractivity contribution in [2.45, 2.75) is 84.3 Å². The van der Waals surface area contributed by atoms with E-state index < -0.39 is 0 Å². The van der Waals surface area contributed by atoms with Crippen LogP contribution in [0.25, 0.3) is 0 Å². The smallest absolute Gasteiger partial charge is 0.0218 e. The topological polar surface area (TPSA) is 15.3 Å². The van der Waals surface area contributed by atoms with Crippen LogP contribution in [0.2, 0.25) is 0 Å². The molecule has 0 aliphatic carbocycles. The Labute approximate surface area is 95.4 Å². The molecule has 1 saturated heterocycles. The lowest BCUT2D eigenvalue weighted by atomic mass is 9.99. The zero-order valence-electron chi connectivity index (χ0n) is 10.9. The minimum atomic E-state index is 0.632. The molecular weight excluding hydrogens is 184 g/mol. The summed E-state index contributed by atoms with van der Waals surface area (Å²) in [6, 6.07) is 2.05. The van der Waals surface area contributed by atoms with E-state index in [4.69, 9.17) is 0 Å². The van der Waals surface area contributed by atoms with Gasteiger partial charge in [-0.05, 0) is 40.0 Å². The summed E-state index contributed by atoms with van der Waals surface area (Å²) >= 11 is 0. The van der Waals surface area contributed by atoms with E-state index in [1.54, 1.807) is 0 Å². The largest absolute Gasteiger partial charge is 0.252 e. The van der Waals surface area contributed by atoms with E-state index in [0.29, 0.717) is 18.1 Å². The van der Waals surface area contributed by atoms with Gasteiger partial charge in [0, 0.05) is 18.1 Å². The summed E-state index contributed by atoms with van der Waals surface area (Å²) in [5.74, 6) is 0. The summed E-state index contributed by atoms with van der Waals surface area (Å²) in [5.41, 5.74) is 3.69. The average Bonchev–Trinajstić information content (AvgIpc) is 2.21. The Hall–Kier alpha value is -0.0800. The van der Waals surface area contributed by atoms with Gasteiger partial charge in [-0.25, -0.2) is 5.01 Å². The van der Waals surface area contributed by atoms with Crippen LogP contribution in [-0.4, -0.2) is 23.1 Å². The molecule has 1 aliphatic heterocycles. The molecule has 2 nitrogen and oxygen atoms in total. The normalized spacial score (nSPS) is 30.4. The zero-order chi connectivity index (χ0) is 11.3. The fourth-order valence-corrected chi connectivity index (χ4v) is 2.51. The van der Waals surface area contributed by atoms with Gasteiger partial charge in [0.05, 0.1) is 0 Å². The van der Waals surface area contributed by atoms with Gasteiger partial charge in [0.2, 0.25) is 0 Å². The number of hydrogen-bond acceptors (Lipinski definition) is 2. The Morgan fingerprint density at radius 2 is 1.87 bits per heavy atom. The SMILES string of the molecule is CCCCC(C)NN1C(C)CCCC1C. The van der Waals surface area contributed by atoms with Crippen molar-refractivity contribution in [2.24, 2.45) is 0 Å². The summed E-state index contributed by atoms with van der Waals surface area (Å²) in [6.07, 6.45) is 8.02. The van der Waals surface area contributed by atoms with Gasteiger partial charge in [-0.15, -0.1) is 0 Å². The van der Waals surface area contributed by atoms with Crippen LogP contribution in [0.5, 0.6) is 0 Å². The van der Waals surface area contributed by atoms with Gasteiger partial charge in [-0.3, -0.25) is 5.43 Å². The first-order valence-electron chi connectivity index (χ1n) is 6.69. The van der Waals surface area contributed by atoms with Crippen molar-refractivity contribution in [3.63, 3.8) is 0 Å². The van der Waals surface area contributed by atoms with Gasteiger partial charge in [-0.2, -0.15) is 0 Å². The molecule has 0 amide bonds. The molecule has 1 fully saturated rings. The number of hydrogen-bond donors (Lipinski definition) is 1. The van der Waals surface area contributed by atoms with Crippen LogP contribution < -0.4 is 5.43 Å². The molecule has 0 radical (unpaired) electrons. The molecule has 0 aromatic rings. The third-order valence-corrected chi connectivity index (χ3v) is 3.55. The highest BCUT2D eigenvalue weighted by molar-refractivity contribution is 4.77. The standard InChI is InChI=1S/C13H28N2/c1-5-6-8-11(2)14-15-12(3)9-7-10-13(15)4/h11-14H,5-10H2,1-4H3. The van der Waals surface area contributed by atoms with Crippen LogP contribution in [0.4, 0.5) is 0 Å². The van der Waals surface area contributed by atoms with Gasteiger partial charge in [-0.1, -0.05) is 26.2 Å². The van der Waals surface area contributed by atoms with Crippen LogP contribution in [0.3, 0.4) is 0 Å². The van der Waals surface area contributed by atoms with E-state index in [1.807, 2.05) is 0 Å². The van der Waals surface area contributed by atoms with Crippen molar-refractivity contribution in [3.05, 3.63) is 0 Å². The number of nitrogens with zero attached hydrogens (tertiary/aromatic N) is 1. The first-order chi connectivity index (χ1) is 7.15. The van der Waals surface area contributed by atoms with Crippen molar-refractivity contribution in [3.8, 4) is 0 Å². The number of rotatable bonds is 5. The number of nitrogens with one attached hydrogen (secondary N) is 1. The van der Waals surface area contributed by atoms with Gasteiger partial charge < -0.3 is 0 Å². The van der Waals surface area contributed by atoms with Gasteiger partial charge >= 0.3 is 0 Å². The molecule has 0 aromatic carbocycles. The third-order valence-electron chi connectivity index (χ3n) is 3.55. The third kappa shape index (κ3) is 4.12. The molecule has 3 unspecified atom stereocenters. The quantitative estimate of drug-likeness (QED) is 0.752. The zero-order valence-corrected chi connectivity index (χ0v) is 10.9. The summed E-state index contributed by atoms with van der Waals surface area (Å²) in [5, 5.41) is 2.49. The monoisotopic (exact) mass is 212 g/mol. The number of unbranched alkanes of at least 4 members (excludes halogenated alkanes) is 1. The molecular formula is C13H28N2. The lowest BCUT2D eigenvalue weighted by Crippen LogP contribution is -2.54. The second-order valence-electron chi connectivity index (χ2n) is 5.21. The molecule has 1 rings (SSSR count). The van der Waals surface area contributed by atoms with Gasteiger partial charge in [0.15, 0.2) is 0 Å². The predicted molar refractivity (Wildman–Crippen MR) is 66.7 cm³/mol. The van der Waals surface area contributed by atoms with Crippen molar-refractivity contribution in [1.29, 1.82) is 0 Å². The highest BCUT2D eigenvalue weighted by Crippen LogP contribution is 2.20. The van der Waals surface area contributed by atoms with E-state index in [1.165, 1.54) is 38.5 Å². The Bertz CT molecular complexity index is 160. The van der Waals surface area contributed by atoms with Crippen LogP contribution in [-0.2, 0) is 0 Å². The maximum absolute atomic E-state index is 3.69. The number of piperidine rings is 1. The molecule has 1 aliphatic rings. The fourth-order valence-electron chi connectivity index (χ4n) is 2.51. The predicted octanol–water partition coefficient (Wildman–Crippen LogP) is 3.33. The Kier molecular flexibility index (Phi) is 5.62. The lowest BCUT2D eigenvalue weighted by molar-refractivity contribution is 0.0306. The summed E-state index contributed by atoms with van der Waals surface area (Å²) in [7, 11) is 0. The molecule has 0 saturated carbocycles. The summed E-state index contributed by atoms with van der Waals surface area (Å²) in [4.78, 5) is 0. The van der Waals surface area contributed by atoms with E-state index in [0.717, 1.165) is 0 Å². The molecule has 0 spiro atoms. The highest BCUT2D eigenvalue weighted by atomic mass is 15.5. The average molecular weight is 212 g/mol. The van der Waals surface area contributed by atoms with Crippen LogP contribution >= 0.6 is 0 Å². The van der Waals surface area contributed by atoms with E-state index >= 15 is 0 Å². The van der Waals surface area contributed by atoms with Crippen LogP contribution in [0, 0.1) is 0 Å². The molecule has 1 N–H and O–H groups in total. The molecule has 3 atom stereocenters. The minimum absolute atomic E-state index is 0.632. The van der Waals surface area contributed by atoms with Gasteiger partial charge in [0.1, 0.15) is 0 Å². The maximum atomic E-state index is 3.69. The molecule has 15 heavy (non-hydrogen) atoms. The second kappa shape index (κ2) is 6.49. The Morgan fingerprint density at radius 1 is 1.27 bits per heavy atom. The minimum Gasteiger partial charge on any atom is -0.252 e. The molecule has 90 valence electrons. The Morgan fingerprint density at radius 3 is 2.40 bits per heavy atom.